The molecule has 2 aliphatic rings. The highest BCUT2D eigenvalue weighted by atomic mass is 19.1. The highest BCUT2D eigenvalue weighted by Crippen LogP contribution is 2.29. The average molecular weight is 340 g/mol. The quantitative estimate of drug-likeness (QED) is 0.886. The Balaban J connectivity index is 1.55. The SMILES string of the molecule is O=C(NC1CCOC(c2ccc(F)cc2)C1)N1CCC(F)(CO)C1. The van der Waals surface area contributed by atoms with Gasteiger partial charge in [-0.2, -0.15) is 0 Å². The van der Waals surface area contributed by atoms with Crippen molar-refractivity contribution in [2.45, 2.75) is 37.1 Å². The second kappa shape index (κ2) is 7.03. The molecule has 2 saturated heterocycles. The molecule has 0 saturated carbocycles. The molecule has 7 heteroatoms. The summed E-state index contributed by atoms with van der Waals surface area (Å²) in [5.41, 5.74) is -0.816. The third-order valence-corrected chi connectivity index (χ3v) is 4.73. The molecule has 0 aliphatic carbocycles. The summed E-state index contributed by atoms with van der Waals surface area (Å²) in [6, 6.07) is 5.76. The number of halogens is 2. The second-order valence-electron chi connectivity index (χ2n) is 6.56. The maximum absolute atomic E-state index is 14.0. The molecule has 3 rings (SSSR count). The highest BCUT2D eigenvalue weighted by molar-refractivity contribution is 5.75. The van der Waals surface area contributed by atoms with E-state index in [4.69, 9.17) is 9.84 Å². The monoisotopic (exact) mass is 340 g/mol. The van der Waals surface area contributed by atoms with E-state index in [-0.39, 0.29) is 37.0 Å². The number of aliphatic hydroxyl groups excluding tert-OH is 1. The fraction of sp³-hybridized carbons (Fsp3) is 0.588. The number of benzene rings is 1. The number of carbonyl (C=O) groups excluding carboxylic acids is 1. The van der Waals surface area contributed by atoms with E-state index in [1.54, 1.807) is 12.1 Å². The maximum Gasteiger partial charge on any atom is 0.317 e. The summed E-state index contributed by atoms with van der Waals surface area (Å²) in [7, 11) is 0. The van der Waals surface area contributed by atoms with Gasteiger partial charge in [0.05, 0.1) is 19.3 Å². The predicted molar refractivity (Wildman–Crippen MR) is 83.8 cm³/mol. The molecule has 132 valence electrons. The van der Waals surface area contributed by atoms with Crippen LogP contribution in [0.5, 0.6) is 0 Å². The first-order chi connectivity index (χ1) is 11.5. The summed E-state index contributed by atoms with van der Waals surface area (Å²) >= 11 is 0. The van der Waals surface area contributed by atoms with E-state index in [1.165, 1.54) is 17.0 Å². The lowest BCUT2D eigenvalue weighted by Crippen LogP contribution is -2.47. The minimum atomic E-state index is -1.69. The Kier molecular flexibility index (Phi) is 5.01. The Morgan fingerprint density at radius 1 is 1.42 bits per heavy atom. The molecule has 0 spiro atoms. The number of hydrogen-bond donors (Lipinski definition) is 2. The summed E-state index contributed by atoms with van der Waals surface area (Å²) in [6.45, 7) is 0.144. The number of nitrogens with one attached hydrogen (secondary N) is 1. The summed E-state index contributed by atoms with van der Waals surface area (Å²) in [6.07, 6.45) is 1.23. The number of nitrogens with zero attached hydrogens (tertiary/aromatic N) is 1. The van der Waals surface area contributed by atoms with Crippen LogP contribution in [-0.2, 0) is 4.74 Å². The predicted octanol–water partition coefficient (Wildman–Crippen LogP) is 2.16. The molecular weight excluding hydrogens is 318 g/mol. The zero-order valence-electron chi connectivity index (χ0n) is 13.4. The Morgan fingerprint density at radius 2 is 2.17 bits per heavy atom. The number of rotatable bonds is 3. The minimum absolute atomic E-state index is 0.0787. The van der Waals surface area contributed by atoms with Crippen LogP contribution in [0.4, 0.5) is 13.6 Å². The Bertz CT molecular complexity index is 584. The normalized spacial score (nSPS) is 30.4. The van der Waals surface area contributed by atoms with Crippen LogP contribution in [0.3, 0.4) is 0 Å². The summed E-state index contributed by atoms with van der Waals surface area (Å²) < 4.78 is 32.8. The first-order valence-corrected chi connectivity index (χ1v) is 8.21. The van der Waals surface area contributed by atoms with Crippen molar-refractivity contribution in [1.29, 1.82) is 0 Å². The fourth-order valence-corrected chi connectivity index (χ4v) is 3.24. The van der Waals surface area contributed by atoms with Crippen LogP contribution in [0.2, 0.25) is 0 Å². The van der Waals surface area contributed by atoms with E-state index in [0.29, 0.717) is 26.0 Å². The Labute approximate surface area is 139 Å². The number of carbonyl (C=O) groups is 1. The van der Waals surface area contributed by atoms with Crippen molar-refractivity contribution in [2.75, 3.05) is 26.3 Å². The van der Waals surface area contributed by atoms with Crippen LogP contribution in [0.25, 0.3) is 0 Å². The first kappa shape index (κ1) is 17.1. The third kappa shape index (κ3) is 3.84. The lowest BCUT2D eigenvalue weighted by Gasteiger charge is -2.31. The molecule has 2 amide bonds. The van der Waals surface area contributed by atoms with Crippen molar-refractivity contribution in [3.8, 4) is 0 Å². The number of alkyl halides is 1. The molecule has 0 radical (unpaired) electrons. The van der Waals surface area contributed by atoms with Gasteiger partial charge in [0.2, 0.25) is 0 Å². The molecule has 1 aromatic carbocycles. The lowest BCUT2D eigenvalue weighted by molar-refractivity contribution is 0.00139. The van der Waals surface area contributed by atoms with Gasteiger partial charge >= 0.3 is 6.03 Å². The summed E-state index contributed by atoms with van der Waals surface area (Å²) in [4.78, 5) is 13.7. The highest BCUT2D eigenvalue weighted by Gasteiger charge is 2.40. The summed E-state index contributed by atoms with van der Waals surface area (Å²) in [5, 5.41) is 12.0. The standard InChI is InChI=1S/C17H22F2N2O3/c18-13-3-1-12(2-4-13)15-9-14(5-8-24-15)20-16(23)21-7-6-17(19,10-21)11-22/h1-4,14-15,22H,5-11H2,(H,20,23). The van der Waals surface area contributed by atoms with Gasteiger partial charge in [0.15, 0.2) is 5.67 Å². The van der Waals surface area contributed by atoms with Crippen LogP contribution in [0, 0.1) is 5.82 Å². The molecule has 5 nitrogen and oxygen atoms in total. The van der Waals surface area contributed by atoms with Gasteiger partial charge in [-0.15, -0.1) is 0 Å². The molecular formula is C17H22F2N2O3. The van der Waals surface area contributed by atoms with E-state index in [1.807, 2.05) is 0 Å². The smallest absolute Gasteiger partial charge is 0.317 e. The van der Waals surface area contributed by atoms with Crippen LogP contribution in [0.15, 0.2) is 24.3 Å². The molecule has 3 unspecified atom stereocenters. The molecule has 0 aromatic heterocycles. The maximum atomic E-state index is 14.0. The van der Waals surface area contributed by atoms with Gasteiger partial charge in [-0.05, 0) is 30.5 Å². The Hall–Kier alpha value is -1.73. The van der Waals surface area contributed by atoms with Gasteiger partial charge in [-0.3, -0.25) is 0 Å². The lowest BCUT2D eigenvalue weighted by atomic mass is 9.97. The van der Waals surface area contributed by atoms with Crippen LogP contribution < -0.4 is 5.32 Å². The number of aliphatic hydroxyl groups is 1. The first-order valence-electron chi connectivity index (χ1n) is 8.21. The number of likely N-dealkylation sites (tertiary alicyclic amines) is 1. The van der Waals surface area contributed by atoms with Crippen LogP contribution >= 0.6 is 0 Å². The van der Waals surface area contributed by atoms with Crippen molar-refractivity contribution in [3.05, 3.63) is 35.6 Å². The largest absolute Gasteiger partial charge is 0.393 e. The van der Waals surface area contributed by atoms with Gasteiger partial charge in [0.1, 0.15) is 5.82 Å². The van der Waals surface area contributed by atoms with Gasteiger partial charge in [0, 0.05) is 25.6 Å². The van der Waals surface area contributed by atoms with Crippen molar-refractivity contribution in [3.63, 3.8) is 0 Å². The number of hydrogen-bond acceptors (Lipinski definition) is 3. The molecule has 24 heavy (non-hydrogen) atoms. The number of amides is 2. The van der Waals surface area contributed by atoms with E-state index >= 15 is 0 Å². The van der Waals surface area contributed by atoms with E-state index in [9.17, 15) is 13.6 Å². The van der Waals surface area contributed by atoms with E-state index in [0.717, 1.165) is 5.56 Å². The van der Waals surface area contributed by atoms with Crippen molar-refractivity contribution in [2.24, 2.45) is 0 Å². The molecule has 2 N–H and O–H groups in total. The van der Waals surface area contributed by atoms with Gasteiger partial charge in [-0.1, -0.05) is 12.1 Å². The van der Waals surface area contributed by atoms with Crippen molar-refractivity contribution >= 4 is 6.03 Å². The van der Waals surface area contributed by atoms with Crippen molar-refractivity contribution in [1.82, 2.24) is 10.2 Å². The van der Waals surface area contributed by atoms with Crippen LogP contribution in [-0.4, -0.2) is 54.1 Å². The molecule has 0 bridgehead atoms. The topological polar surface area (TPSA) is 61.8 Å². The number of urea groups is 1. The third-order valence-electron chi connectivity index (χ3n) is 4.73. The van der Waals surface area contributed by atoms with Crippen molar-refractivity contribution < 1.29 is 23.4 Å². The minimum Gasteiger partial charge on any atom is -0.393 e. The molecule has 2 fully saturated rings. The second-order valence-corrected chi connectivity index (χ2v) is 6.56. The molecule has 1 aromatic rings. The summed E-state index contributed by atoms with van der Waals surface area (Å²) in [5.74, 6) is -0.299. The molecule has 3 atom stereocenters. The molecule has 2 aliphatic heterocycles. The van der Waals surface area contributed by atoms with Gasteiger partial charge < -0.3 is 20.1 Å². The number of ether oxygens (including phenoxy) is 1. The van der Waals surface area contributed by atoms with E-state index in [2.05, 4.69) is 5.32 Å². The Morgan fingerprint density at radius 3 is 2.83 bits per heavy atom. The van der Waals surface area contributed by atoms with Crippen LogP contribution in [0.1, 0.15) is 30.9 Å². The molecule has 2 heterocycles. The fourth-order valence-electron chi connectivity index (χ4n) is 3.24. The van der Waals surface area contributed by atoms with E-state index < -0.39 is 12.3 Å². The zero-order chi connectivity index (χ0) is 17.2. The average Bonchev–Trinajstić information content (AvgIpc) is 2.99. The van der Waals surface area contributed by atoms with Gasteiger partial charge in [0.25, 0.3) is 0 Å². The van der Waals surface area contributed by atoms with Gasteiger partial charge in [-0.25, -0.2) is 13.6 Å². The zero-order valence-corrected chi connectivity index (χ0v) is 13.4.